The fraction of sp³-hybridized carbons (Fsp3) is 0. The van der Waals surface area contributed by atoms with E-state index in [1.165, 1.54) is 0 Å². The van der Waals surface area contributed by atoms with Crippen LogP contribution in [0.5, 0.6) is 0 Å². The molecule has 0 atom stereocenters. The zero-order valence-corrected chi connectivity index (χ0v) is 8.39. The molecule has 0 fully saturated rings. The first-order chi connectivity index (χ1) is 0. The summed E-state index contributed by atoms with van der Waals surface area (Å²) >= 11 is 0. The molecule has 0 aliphatic carbocycles. The van der Waals surface area contributed by atoms with Crippen LogP contribution in [0, 0.1) is 22.3 Å². The molecule has 0 amide bonds. The summed E-state index contributed by atoms with van der Waals surface area (Å²) in [4.78, 5) is 0. The van der Waals surface area contributed by atoms with Crippen molar-refractivity contribution in [1.82, 2.24) is 0 Å². The monoisotopic (exact) mass is 237 g/mol. The van der Waals surface area contributed by atoms with Gasteiger partial charge >= 0.3 is 19.5 Å². The average Bonchev–Trinajstić information content (AvgIpc) is 0. The van der Waals surface area contributed by atoms with Gasteiger partial charge in [-0.25, -0.2) is 0 Å². The predicted octanol–water partition coefficient (Wildman–Crippen LogP) is 1.35. The van der Waals surface area contributed by atoms with Gasteiger partial charge < -0.3 is 22.3 Å². The Kier molecular flexibility index (Phi) is 635. The summed E-state index contributed by atoms with van der Waals surface area (Å²) in [6.07, 6.45) is 0. The first-order valence-corrected chi connectivity index (χ1v) is 0. The molecule has 0 rings (SSSR count). The molecule has 33 valence electrons. The van der Waals surface area contributed by atoms with Crippen LogP contribution in [0.25, 0.3) is 0 Å². The van der Waals surface area contributed by atoms with Crippen molar-refractivity contribution in [3.05, 3.63) is 22.3 Å². The molecule has 0 bridgehead atoms. The van der Waals surface area contributed by atoms with E-state index >= 15 is 0 Å². The van der Waals surface area contributed by atoms with Gasteiger partial charge in [-0.05, 0) is 0 Å². The van der Waals surface area contributed by atoms with Crippen LogP contribution in [0.4, 0.5) is 0 Å². The Labute approximate surface area is 73.7 Å². The van der Waals surface area contributed by atoms with Crippen molar-refractivity contribution in [1.29, 1.82) is 0 Å². The third-order valence-electron chi connectivity index (χ3n) is 0. The van der Waals surface area contributed by atoms with Crippen LogP contribution in [0.3, 0.4) is 0 Å². The topological polar surface area (TPSA) is 0 Å². The van der Waals surface area contributed by atoms with E-state index in [-0.39, 0.29) is 74.5 Å². The van der Waals surface area contributed by atoms with Crippen molar-refractivity contribution >= 4 is 0 Å². The van der Waals surface area contributed by atoms with Crippen LogP contribution in [0.1, 0.15) is 0 Å². The van der Waals surface area contributed by atoms with E-state index < -0.39 is 0 Å². The molecule has 0 aliphatic heterocycles. The van der Waals surface area contributed by atoms with Gasteiger partial charge in [0.2, 0.25) is 0 Å². The Balaban J connectivity index is 0. The number of hydrogen-bond acceptors (Lipinski definition) is 0. The molecule has 0 aromatic rings. The molecule has 0 nitrogen and oxygen atoms in total. The van der Waals surface area contributed by atoms with Gasteiger partial charge in [0.25, 0.3) is 0 Å². The first kappa shape index (κ1) is 74.0. The van der Waals surface area contributed by atoms with Gasteiger partial charge in [-0.2, -0.15) is 0 Å². The first-order valence-electron chi connectivity index (χ1n) is 0. The summed E-state index contributed by atoms with van der Waals surface area (Å²) in [5, 5.41) is 0. The standard InChI is InChI=1S/3CH3.Rh.Y/h3*1H3;;/q3*-1;+3;. The molecule has 0 N–H and O–H groups in total. The maximum absolute atomic E-state index is 0. The zero-order valence-electron chi connectivity index (χ0n) is 3.91. The third-order valence-corrected chi connectivity index (χ3v) is 0. The van der Waals surface area contributed by atoms with Crippen LogP contribution in [0.15, 0.2) is 0 Å². The van der Waals surface area contributed by atoms with Gasteiger partial charge in [0.1, 0.15) is 0 Å². The fourth-order valence-electron chi connectivity index (χ4n) is 0. The van der Waals surface area contributed by atoms with E-state index in [2.05, 4.69) is 0 Å². The van der Waals surface area contributed by atoms with E-state index in [1.807, 2.05) is 0 Å². The van der Waals surface area contributed by atoms with Crippen molar-refractivity contribution in [3.63, 3.8) is 0 Å². The van der Waals surface area contributed by atoms with Gasteiger partial charge in [0, 0.05) is 32.7 Å². The quantitative estimate of drug-likeness (QED) is 0.440. The maximum Gasteiger partial charge on any atom is 3.00 e. The van der Waals surface area contributed by atoms with Gasteiger partial charge in [-0.15, -0.1) is 0 Å². The minimum absolute atomic E-state index is 0. The van der Waals surface area contributed by atoms with E-state index in [0.29, 0.717) is 0 Å². The van der Waals surface area contributed by atoms with Gasteiger partial charge in [0.05, 0.1) is 0 Å². The molecule has 0 saturated carbocycles. The maximum atomic E-state index is 0. The van der Waals surface area contributed by atoms with Crippen LogP contribution >= 0.6 is 0 Å². The van der Waals surface area contributed by atoms with Gasteiger partial charge in [-0.3, -0.25) is 0 Å². The molecule has 0 aliphatic rings. The number of rotatable bonds is 0. The van der Waals surface area contributed by atoms with E-state index in [4.69, 9.17) is 0 Å². The van der Waals surface area contributed by atoms with E-state index in [0.717, 1.165) is 0 Å². The molecule has 0 aromatic carbocycles. The molecule has 0 heterocycles. The summed E-state index contributed by atoms with van der Waals surface area (Å²) in [5.74, 6) is 0. The second kappa shape index (κ2) is 42.9. The van der Waals surface area contributed by atoms with Crippen LogP contribution < -0.4 is 0 Å². The van der Waals surface area contributed by atoms with E-state index in [9.17, 15) is 0 Å². The Hall–Kier alpha value is 1.73. The molecule has 5 heavy (non-hydrogen) atoms. The third kappa shape index (κ3) is 26.7. The molecule has 1 radical (unpaired) electrons. The van der Waals surface area contributed by atoms with Crippen LogP contribution in [-0.4, -0.2) is 0 Å². The Morgan fingerprint density at radius 2 is 0.600 bits per heavy atom. The molecule has 0 aromatic heterocycles. The Bertz CT molecular complexity index is 6.85. The zero-order chi connectivity index (χ0) is 0. The Morgan fingerprint density at radius 3 is 0.600 bits per heavy atom. The minimum Gasteiger partial charge on any atom is -0.358 e. The van der Waals surface area contributed by atoms with Gasteiger partial charge in [0.15, 0.2) is 0 Å². The van der Waals surface area contributed by atoms with Crippen LogP contribution in [0.2, 0.25) is 0 Å². The molecular weight excluding hydrogens is 228 g/mol. The SMILES string of the molecule is [CH3-].[CH3-].[CH3-].[Rh+3].[Y]. The molecule has 0 saturated heterocycles. The second-order valence-electron chi connectivity index (χ2n) is 0. The minimum atomic E-state index is 0. The summed E-state index contributed by atoms with van der Waals surface area (Å²) in [5.41, 5.74) is 0. The summed E-state index contributed by atoms with van der Waals surface area (Å²) in [6.45, 7) is 0. The number of hydrogen-bond donors (Lipinski definition) is 0. The molecule has 0 unspecified atom stereocenters. The molecular formula is C3H9RhY. The fourth-order valence-corrected chi connectivity index (χ4v) is 0. The van der Waals surface area contributed by atoms with Crippen molar-refractivity contribution in [2.45, 2.75) is 0 Å². The largest absolute Gasteiger partial charge is 3.00 e. The van der Waals surface area contributed by atoms with Crippen molar-refractivity contribution < 1.29 is 52.2 Å². The van der Waals surface area contributed by atoms with Crippen molar-refractivity contribution in [3.8, 4) is 0 Å². The van der Waals surface area contributed by atoms with Gasteiger partial charge in [-0.1, -0.05) is 0 Å². The molecule has 0 spiro atoms. The smallest absolute Gasteiger partial charge is 0.358 e. The Morgan fingerprint density at radius 1 is 0.600 bits per heavy atom. The summed E-state index contributed by atoms with van der Waals surface area (Å²) in [7, 11) is 0. The van der Waals surface area contributed by atoms with Crippen molar-refractivity contribution in [2.24, 2.45) is 0 Å². The normalized spacial score (nSPS) is 0. The summed E-state index contributed by atoms with van der Waals surface area (Å²) in [6, 6.07) is 0. The molecule has 2 heteroatoms. The average molecular weight is 237 g/mol. The predicted molar refractivity (Wildman–Crippen MR) is 19.2 cm³/mol. The van der Waals surface area contributed by atoms with Crippen LogP contribution in [-0.2, 0) is 52.2 Å². The summed E-state index contributed by atoms with van der Waals surface area (Å²) < 4.78 is 0. The second-order valence-corrected chi connectivity index (χ2v) is 0. The van der Waals surface area contributed by atoms with Crippen molar-refractivity contribution in [2.75, 3.05) is 0 Å². The van der Waals surface area contributed by atoms with E-state index in [1.54, 1.807) is 0 Å².